The van der Waals surface area contributed by atoms with E-state index in [9.17, 15) is 0 Å². The largest absolute Gasteiger partial charge is 0.0988 e. The zero-order chi connectivity index (χ0) is 21.9. The zero-order valence-corrected chi connectivity index (χ0v) is 20.7. The molecule has 0 radical (unpaired) electrons. The highest BCUT2D eigenvalue weighted by Gasteiger charge is 2.02. The molecule has 0 aliphatic rings. The van der Waals surface area contributed by atoms with E-state index in [4.69, 9.17) is 0 Å². The standard InChI is InChI=1S/2C14H26/c2*1-6-13(4)10-11-14(5)9-7-8-12(2)3/h2*6,10,12,14H,1,7-9,11H2,2-5H3/b13-10+;13-10-. The molecular weight excluding hydrogens is 336 g/mol. The van der Waals surface area contributed by atoms with Crippen LogP contribution in [0.4, 0.5) is 0 Å². The van der Waals surface area contributed by atoms with Crippen LogP contribution in [0.15, 0.2) is 48.6 Å². The van der Waals surface area contributed by atoms with Gasteiger partial charge in [-0.3, -0.25) is 0 Å². The van der Waals surface area contributed by atoms with Crippen molar-refractivity contribution in [1.82, 2.24) is 0 Å². The Kier molecular flexibility index (Phi) is 20.1. The van der Waals surface area contributed by atoms with Crippen molar-refractivity contribution in [2.24, 2.45) is 23.7 Å². The van der Waals surface area contributed by atoms with Crippen LogP contribution in [-0.2, 0) is 0 Å². The van der Waals surface area contributed by atoms with E-state index in [1.54, 1.807) is 0 Å². The Labute approximate surface area is 179 Å². The first kappa shape index (κ1) is 29.2. The summed E-state index contributed by atoms with van der Waals surface area (Å²) < 4.78 is 0. The van der Waals surface area contributed by atoms with Gasteiger partial charge in [0.1, 0.15) is 0 Å². The Balaban J connectivity index is 0. The maximum atomic E-state index is 3.76. The average Bonchev–Trinajstić information content (AvgIpc) is 2.63. The maximum absolute atomic E-state index is 3.76. The van der Waals surface area contributed by atoms with E-state index < -0.39 is 0 Å². The van der Waals surface area contributed by atoms with Crippen LogP contribution in [0, 0.1) is 23.7 Å². The summed E-state index contributed by atoms with van der Waals surface area (Å²) >= 11 is 0. The van der Waals surface area contributed by atoms with Crippen LogP contribution in [0.2, 0.25) is 0 Å². The molecule has 0 saturated carbocycles. The maximum Gasteiger partial charge on any atom is -0.0319 e. The molecule has 0 aromatic carbocycles. The van der Waals surface area contributed by atoms with Crippen LogP contribution in [0.25, 0.3) is 0 Å². The van der Waals surface area contributed by atoms with Crippen LogP contribution in [0.5, 0.6) is 0 Å². The van der Waals surface area contributed by atoms with Crippen molar-refractivity contribution in [3.8, 4) is 0 Å². The second-order valence-corrected chi connectivity index (χ2v) is 9.64. The highest BCUT2D eigenvalue weighted by molar-refractivity contribution is 5.13. The van der Waals surface area contributed by atoms with E-state index in [0.717, 1.165) is 23.7 Å². The molecule has 0 bridgehead atoms. The molecule has 0 nitrogen and oxygen atoms in total. The highest BCUT2D eigenvalue weighted by atomic mass is 14.1. The van der Waals surface area contributed by atoms with Crippen molar-refractivity contribution in [2.75, 3.05) is 0 Å². The van der Waals surface area contributed by atoms with Gasteiger partial charge in [0.15, 0.2) is 0 Å². The van der Waals surface area contributed by atoms with Gasteiger partial charge in [-0.25, -0.2) is 0 Å². The summed E-state index contributed by atoms with van der Waals surface area (Å²) in [5, 5.41) is 0. The summed E-state index contributed by atoms with van der Waals surface area (Å²) in [4.78, 5) is 0. The number of allylic oxidation sites excluding steroid dienone is 6. The first-order chi connectivity index (χ1) is 13.1. The van der Waals surface area contributed by atoms with Gasteiger partial charge in [0.25, 0.3) is 0 Å². The van der Waals surface area contributed by atoms with Crippen molar-refractivity contribution in [3.63, 3.8) is 0 Å². The van der Waals surface area contributed by atoms with E-state index in [-0.39, 0.29) is 0 Å². The molecule has 0 fully saturated rings. The minimum absolute atomic E-state index is 0.823. The molecule has 2 unspecified atom stereocenters. The van der Waals surface area contributed by atoms with Gasteiger partial charge in [-0.2, -0.15) is 0 Å². The molecule has 2 atom stereocenters. The minimum atomic E-state index is 0.823. The van der Waals surface area contributed by atoms with Gasteiger partial charge in [0.2, 0.25) is 0 Å². The summed E-state index contributed by atoms with van der Waals surface area (Å²) in [5.41, 5.74) is 2.61. The van der Waals surface area contributed by atoms with Crippen LogP contribution in [-0.4, -0.2) is 0 Å². The van der Waals surface area contributed by atoms with E-state index in [1.807, 2.05) is 12.2 Å². The quantitative estimate of drug-likeness (QED) is 0.260. The van der Waals surface area contributed by atoms with Gasteiger partial charge < -0.3 is 0 Å². The molecular formula is C28H52. The van der Waals surface area contributed by atoms with E-state index >= 15 is 0 Å². The fourth-order valence-corrected chi connectivity index (χ4v) is 2.93. The summed E-state index contributed by atoms with van der Waals surface area (Å²) in [6.07, 6.45) is 19.1. The molecule has 0 saturated heterocycles. The van der Waals surface area contributed by atoms with Gasteiger partial charge >= 0.3 is 0 Å². The lowest BCUT2D eigenvalue weighted by atomic mass is 9.96. The lowest BCUT2D eigenvalue weighted by Gasteiger charge is -2.10. The Morgan fingerprint density at radius 2 is 0.929 bits per heavy atom. The van der Waals surface area contributed by atoms with Crippen LogP contribution in [0.1, 0.15) is 107 Å². The second kappa shape index (κ2) is 19.3. The molecule has 0 heteroatoms. The lowest BCUT2D eigenvalue weighted by molar-refractivity contribution is 0.460. The molecule has 164 valence electrons. The smallest absolute Gasteiger partial charge is 0.0319 e. The molecule has 0 heterocycles. The van der Waals surface area contributed by atoms with Crippen LogP contribution >= 0.6 is 0 Å². The van der Waals surface area contributed by atoms with E-state index in [2.05, 4.69) is 80.7 Å². The summed E-state index contributed by atoms with van der Waals surface area (Å²) in [7, 11) is 0. The Bertz CT molecular complexity index is 391. The third-order valence-electron chi connectivity index (χ3n) is 5.29. The summed E-state index contributed by atoms with van der Waals surface area (Å²) in [6, 6.07) is 0. The average molecular weight is 389 g/mol. The minimum Gasteiger partial charge on any atom is -0.0988 e. The Morgan fingerprint density at radius 1 is 0.607 bits per heavy atom. The molecule has 0 aliphatic heterocycles. The predicted octanol–water partition coefficient (Wildman–Crippen LogP) is 9.94. The first-order valence-corrected chi connectivity index (χ1v) is 11.7. The number of hydrogen-bond acceptors (Lipinski definition) is 0. The summed E-state index contributed by atoms with van der Waals surface area (Å²) in [6.45, 7) is 25.6. The first-order valence-electron chi connectivity index (χ1n) is 11.7. The van der Waals surface area contributed by atoms with Crippen molar-refractivity contribution in [1.29, 1.82) is 0 Å². The molecule has 0 rings (SSSR count). The number of rotatable bonds is 14. The van der Waals surface area contributed by atoms with Gasteiger partial charge in [0, 0.05) is 0 Å². The second-order valence-electron chi connectivity index (χ2n) is 9.64. The highest BCUT2D eigenvalue weighted by Crippen LogP contribution is 2.17. The molecule has 0 aromatic rings. The predicted molar refractivity (Wildman–Crippen MR) is 133 cm³/mol. The van der Waals surface area contributed by atoms with E-state index in [0.29, 0.717) is 0 Å². The van der Waals surface area contributed by atoms with Gasteiger partial charge in [-0.05, 0) is 50.4 Å². The van der Waals surface area contributed by atoms with Crippen molar-refractivity contribution in [2.45, 2.75) is 107 Å². The van der Waals surface area contributed by atoms with E-state index in [1.165, 1.54) is 62.5 Å². The molecule has 0 aliphatic carbocycles. The van der Waals surface area contributed by atoms with Gasteiger partial charge in [-0.1, -0.05) is 129 Å². The van der Waals surface area contributed by atoms with Crippen LogP contribution in [0.3, 0.4) is 0 Å². The Morgan fingerprint density at radius 3 is 1.18 bits per heavy atom. The lowest BCUT2D eigenvalue weighted by Crippen LogP contribution is -1.95. The third kappa shape index (κ3) is 23.0. The molecule has 28 heavy (non-hydrogen) atoms. The SMILES string of the molecule is C=C/C(C)=C/CC(C)CCCC(C)C.C=C/C(C)=C\CC(C)CCCC(C)C. The molecule has 0 aromatic heterocycles. The molecule has 0 amide bonds. The fourth-order valence-electron chi connectivity index (χ4n) is 2.93. The Hall–Kier alpha value is -1.04. The third-order valence-corrected chi connectivity index (χ3v) is 5.29. The zero-order valence-electron chi connectivity index (χ0n) is 20.7. The van der Waals surface area contributed by atoms with Crippen molar-refractivity contribution in [3.05, 3.63) is 48.6 Å². The fraction of sp³-hybridized carbons (Fsp3) is 0.714. The molecule has 0 N–H and O–H groups in total. The summed E-state index contributed by atoms with van der Waals surface area (Å²) in [5.74, 6) is 3.35. The van der Waals surface area contributed by atoms with Gasteiger partial charge in [-0.15, -0.1) is 0 Å². The topological polar surface area (TPSA) is 0 Å². The van der Waals surface area contributed by atoms with Gasteiger partial charge in [0.05, 0.1) is 0 Å². The molecule has 0 spiro atoms. The monoisotopic (exact) mass is 388 g/mol. The van der Waals surface area contributed by atoms with Crippen molar-refractivity contribution < 1.29 is 0 Å². The number of hydrogen-bond donors (Lipinski definition) is 0. The van der Waals surface area contributed by atoms with Crippen LogP contribution < -0.4 is 0 Å². The van der Waals surface area contributed by atoms with Crippen molar-refractivity contribution >= 4 is 0 Å². The normalized spacial score (nSPS) is 14.5.